The fraction of sp³-hybridized carbons (Fsp3) is 1.00. The lowest BCUT2D eigenvalue weighted by atomic mass is 10.1. The Labute approximate surface area is 99.5 Å². The minimum Gasteiger partial charge on any atom is -0.371 e. The molecule has 0 spiro atoms. The van der Waals surface area contributed by atoms with Crippen LogP contribution in [0.5, 0.6) is 0 Å². The van der Waals surface area contributed by atoms with E-state index >= 15 is 0 Å². The van der Waals surface area contributed by atoms with Crippen molar-refractivity contribution in [2.45, 2.75) is 57.3 Å². The number of likely N-dealkylation sites (N-methyl/N-ethyl adjacent to an activating group) is 1. The predicted octanol–water partition coefficient (Wildman–Crippen LogP) is 1.63. The molecule has 0 aromatic carbocycles. The minimum atomic E-state index is 0.108. The van der Waals surface area contributed by atoms with E-state index in [4.69, 9.17) is 4.74 Å². The SMILES string of the molecule is CN1CCCC1CNCC1CCC(C)(C)O1. The van der Waals surface area contributed by atoms with Gasteiger partial charge in [-0.15, -0.1) is 0 Å². The van der Waals surface area contributed by atoms with Crippen molar-refractivity contribution in [2.75, 3.05) is 26.7 Å². The van der Waals surface area contributed by atoms with Crippen LogP contribution in [0, 0.1) is 0 Å². The Hall–Kier alpha value is -0.120. The number of ether oxygens (including phenoxy) is 1. The van der Waals surface area contributed by atoms with Gasteiger partial charge in [0.1, 0.15) is 0 Å². The van der Waals surface area contributed by atoms with E-state index in [9.17, 15) is 0 Å². The maximum atomic E-state index is 5.96. The molecule has 16 heavy (non-hydrogen) atoms. The molecule has 2 heterocycles. The van der Waals surface area contributed by atoms with Gasteiger partial charge in [-0.05, 0) is 53.1 Å². The summed E-state index contributed by atoms with van der Waals surface area (Å²) in [5, 5.41) is 3.57. The van der Waals surface area contributed by atoms with Crippen LogP contribution in [0.2, 0.25) is 0 Å². The maximum Gasteiger partial charge on any atom is 0.0707 e. The Morgan fingerprint density at radius 2 is 2.12 bits per heavy atom. The van der Waals surface area contributed by atoms with Crippen LogP contribution < -0.4 is 5.32 Å². The van der Waals surface area contributed by atoms with E-state index in [0.717, 1.165) is 19.1 Å². The van der Waals surface area contributed by atoms with E-state index in [1.807, 2.05) is 0 Å². The molecule has 2 rings (SSSR count). The van der Waals surface area contributed by atoms with Gasteiger partial charge in [-0.25, -0.2) is 0 Å². The molecule has 2 unspecified atom stereocenters. The second kappa shape index (κ2) is 5.03. The molecule has 0 aliphatic carbocycles. The zero-order valence-electron chi connectivity index (χ0n) is 11.0. The van der Waals surface area contributed by atoms with Crippen molar-refractivity contribution in [1.29, 1.82) is 0 Å². The number of hydrogen-bond acceptors (Lipinski definition) is 3. The summed E-state index contributed by atoms with van der Waals surface area (Å²) in [7, 11) is 2.23. The number of hydrogen-bond donors (Lipinski definition) is 1. The third-order valence-corrected chi connectivity index (χ3v) is 3.98. The number of nitrogens with zero attached hydrogens (tertiary/aromatic N) is 1. The highest BCUT2D eigenvalue weighted by Gasteiger charge is 2.31. The average Bonchev–Trinajstić information content (AvgIpc) is 2.74. The zero-order valence-corrected chi connectivity index (χ0v) is 11.0. The molecule has 0 aromatic rings. The summed E-state index contributed by atoms with van der Waals surface area (Å²) in [6, 6.07) is 0.745. The topological polar surface area (TPSA) is 24.5 Å². The van der Waals surface area contributed by atoms with Crippen LogP contribution in [0.4, 0.5) is 0 Å². The molecule has 0 amide bonds. The minimum absolute atomic E-state index is 0.108. The van der Waals surface area contributed by atoms with Crippen LogP contribution in [-0.2, 0) is 4.74 Å². The molecule has 0 bridgehead atoms. The maximum absolute atomic E-state index is 5.96. The Morgan fingerprint density at radius 1 is 1.31 bits per heavy atom. The van der Waals surface area contributed by atoms with E-state index in [0.29, 0.717) is 6.10 Å². The van der Waals surface area contributed by atoms with E-state index in [1.54, 1.807) is 0 Å². The fourth-order valence-electron chi connectivity index (χ4n) is 2.87. The summed E-state index contributed by atoms with van der Waals surface area (Å²) < 4.78 is 5.96. The Kier molecular flexibility index (Phi) is 3.88. The first-order valence-corrected chi connectivity index (χ1v) is 6.66. The quantitative estimate of drug-likeness (QED) is 0.788. The van der Waals surface area contributed by atoms with Gasteiger partial charge >= 0.3 is 0 Å². The van der Waals surface area contributed by atoms with Crippen LogP contribution in [0.15, 0.2) is 0 Å². The second-order valence-corrected chi connectivity index (χ2v) is 5.97. The monoisotopic (exact) mass is 226 g/mol. The Bertz CT molecular complexity index is 230. The molecule has 2 saturated heterocycles. The van der Waals surface area contributed by atoms with Crippen LogP contribution in [-0.4, -0.2) is 49.3 Å². The fourth-order valence-corrected chi connectivity index (χ4v) is 2.87. The molecule has 2 atom stereocenters. The third-order valence-electron chi connectivity index (χ3n) is 3.98. The lowest BCUT2D eigenvalue weighted by molar-refractivity contribution is -0.0144. The van der Waals surface area contributed by atoms with Crippen molar-refractivity contribution in [3.05, 3.63) is 0 Å². The predicted molar refractivity (Wildman–Crippen MR) is 66.7 cm³/mol. The summed E-state index contributed by atoms with van der Waals surface area (Å²) in [6.07, 6.45) is 5.54. The van der Waals surface area contributed by atoms with Gasteiger partial charge in [-0.1, -0.05) is 0 Å². The Balaban J connectivity index is 1.62. The van der Waals surface area contributed by atoms with Gasteiger partial charge in [-0.3, -0.25) is 0 Å². The molecular formula is C13H26N2O. The van der Waals surface area contributed by atoms with E-state index in [-0.39, 0.29) is 5.60 Å². The third kappa shape index (κ3) is 3.19. The summed E-state index contributed by atoms with van der Waals surface area (Å²) in [5.41, 5.74) is 0.108. The average molecular weight is 226 g/mol. The smallest absolute Gasteiger partial charge is 0.0707 e. The number of nitrogens with one attached hydrogen (secondary N) is 1. The van der Waals surface area contributed by atoms with Crippen molar-refractivity contribution in [3.63, 3.8) is 0 Å². The molecule has 2 aliphatic heterocycles. The normalized spacial score (nSPS) is 34.7. The molecule has 3 nitrogen and oxygen atoms in total. The van der Waals surface area contributed by atoms with Gasteiger partial charge < -0.3 is 15.0 Å². The summed E-state index contributed by atoms with van der Waals surface area (Å²) in [6.45, 7) is 7.79. The van der Waals surface area contributed by atoms with Crippen molar-refractivity contribution in [3.8, 4) is 0 Å². The number of rotatable bonds is 4. The van der Waals surface area contributed by atoms with Crippen LogP contribution >= 0.6 is 0 Å². The molecule has 94 valence electrons. The molecule has 0 aromatic heterocycles. The molecule has 0 radical (unpaired) electrons. The molecule has 0 saturated carbocycles. The van der Waals surface area contributed by atoms with E-state index in [1.165, 1.54) is 32.2 Å². The molecule has 2 aliphatic rings. The van der Waals surface area contributed by atoms with Gasteiger partial charge in [-0.2, -0.15) is 0 Å². The van der Waals surface area contributed by atoms with Crippen LogP contribution in [0.1, 0.15) is 39.5 Å². The second-order valence-electron chi connectivity index (χ2n) is 5.97. The summed E-state index contributed by atoms with van der Waals surface area (Å²) >= 11 is 0. The summed E-state index contributed by atoms with van der Waals surface area (Å²) in [5.74, 6) is 0. The van der Waals surface area contributed by atoms with Gasteiger partial charge in [0, 0.05) is 19.1 Å². The van der Waals surface area contributed by atoms with Crippen LogP contribution in [0.3, 0.4) is 0 Å². The number of likely N-dealkylation sites (tertiary alicyclic amines) is 1. The molecular weight excluding hydrogens is 200 g/mol. The van der Waals surface area contributed by atoms with Crippen molar-refractivity contribution in [1.82, 2.24) is 10.2 Å². The van der Waals surface area contributed by atoms with Gasteiger partial charge in [0.05, 0.1) is 11.7 Å². The first-order valence-electron chi connectivity index (χ1n) is 6.66. The summed E-state index contributed by atoms with van der Waals surface area (Å²) in [4.78, 5) is 2.46. The standard InChI is InChI=1S/C13H26N2O/c1-13(2)7-6-12(16-13)10-14-9-11-5-4-8-15(11)3/h11-12,14H,4-10H2,1-3H3. The van der Waals surface area contributed by atoms with Crippen molar-refractivity contribution in [2.24, 2.45) is 0 Å². The van der Waals surface area contributed by atoms with Crippen molar-refractivity contribution >= 4 is 0 Å². The lowest BCUT2D eigenvalue weighted by Crippen LogP contribution is -2.38. The van der Waals surface area contributed by atoms with Gasteiger partial charge in [0.2, 0.25) is 0 Å². The first-order chi connectivity index (χ1) is 7.57. The largest absolute Gasteiger partial charge is 0.371 e. The highest BCUT2D eigenvalue weighted by atomic mass is 16.5. The molecule has 3 heteroatoms. The van der Waals surface area contributed by atoms with Gasteiger partial charge in [0.15, 0.2) is 0 Å². The van der Waals surface area contributed by atoms with Gasteiger partial charge in [0.25, 0.3) is 0 Å². The molecule has 2 fully saturated rings. The Morgan fingerprint density at radius 3 is 2.69 bits per heavy atom. The highest BCUT2D eigenvalue weighted by Crippen LogP contribution is 2.28. The van der Waals surface area contributed by atoms with E-state index < -0.39 is 0 Å². The highest BCUT2D eigenvalue weighted by molar-refractivity contribution is 4.83. The lowest BCUT2D eigenvalue weighted by Gasteiger charge is -2.22. The van der Waals surface area contributed by atoms with Crippen LogP contribution in [0.25, 0.3) is 0 Å². The zero-order chi connectivity index (χ0) is 11.6. The van der Waals surface area contributed by atoms with Crippen molar-refractivity contribution < 1.29 is 4.74 Å². The van der Waals surface area contributed by atoms with E-state index in [2.05, 4.69) is 31.1 Å². The first kappa shape index (κ1) is 12.3. The molecule has 1 N–H and O–H groups in total.